The zero-order valence-corrected chi connectivity index (χ0v) is 10.3. The maximum Gasteiger partial charge on any atom is 0.328 e. The minimum absolute atomic E-state index is 0. The number of nitrogens with one attached hydrogen (secondary N) is 1. The monoisotopic (exact) mass is 269 g/mol. The molecule has 1 amide bonds. The lowest BCUT2D eigenvalue weighted by Crippen LogP contribution is -2.49. The number of unbranched alkanes of at least 4 members (excludes halogenated alkanes) is 1. The van der Waals surface area contributed by atoms with Gasteiger partial charge in [-0.1, -0.05) is 6.42 Å². The molecule has 0 aliphatic rings. The second kappa shape index (κ2) is 10.3. The van der Waals surface area contributed by atoms with Gasteiger partial charge in [0.05, 0.1) is 12.6 Å². The van der Waals surface area contributed by atoms with E-state index in [1.54, 1.807) is 0 Å². The first-order valence-electron chi connectivity index (χ1n) is 5.12. The lowest BCUT2D eigenvalue weighted by molar-refractivity contribution is -0.143. The van der Waals surface area contributed by atoms with Crippen LogP contribution in [-0.4, -0.2) is 47.3 Å². The Hall–Kier alpha value is -0.890. The van der Waals surface area contributed by atoms with E-state index >= 15 is 0 Å². The molecule has 0 heterocycles. The van der Waals surface area contributed by atoms with Gasteiger partial charge in [-0.25, -0.2) is 4.79 Å². The smallest absolute Gasteiger partial charge is 0.328 e. The fraction of sp³-hybridized carbons (Fsp3) is 0.778. The summed E-state index contributed by atoms with van der Waals surface area (Å²) in [6.45, 7) is -0.126. The number of carbonyl (C=O) groups excluding carboxylic acids is 1. The van der Waals surface area contributed by atoms with Crippen LogP contribution in [-0.2, 0) is 9.59 Å². The van der Waals surface area contributed by atoms with Crippen molar-refractivity contribution in [1.82, 2.24) is 5.32 Å². The molecule has 0 saturated heterocycles. The van der Waals surface area contributed by atoms with Crippen molar-refractivity contribution < 1.29 is 19.8 Å². The summed E-state index contributed by atoms with van der Waals surface area (Å²) in [5.41, 5.74) is 10.8. The summed E-state index contributed by atoms with van der Waals surface area (Å²) in [7, 11) is 0. The molecule has 2 atom stereocenters. The Morgan fingerprint density at radius 2 is 1.88 bits per heavy atom. The number of aliphatic hydroxyl groups is 1. The zero-order valence-electron chi connectivity index (χ0n) is 9.46. The number of halogens is 1. The van der Waals surface area contributed by atoms with Crippen molar-refractivity contribution in [2.75, 3.05) is 13.2 Å². The van der Waals surface area contributed by atoms with Gasteiger partial charge in [0.2, 0.25) is 5.91 Å². The van der Waals surface area contributed by atoms with Crippen LogP contribution in [0.15, 0.2) is 0 Å². The van der Waals surface area contributed by atoms with Crippen LogP contribution in [0.2, 0.25) is 0 Å². The second-order valence-corrected chi connectivity index (χ2v) is 3.47. The van der Waals surface area contributed by atoms with E-state index in [0.29, 0.717) is 19.4 Å². The van der Waals surface area contributed by atoms with Crippen molar-refractivity contribution in [3.05, 3.63) is 0 Å². The van der Waals surface area contributed by atoms with E-state index in [1.165, 1.54) is 0 Å². The number of hydrogen-bond donors (Lipinski definition) is 5. The average molecular weight is 270 g/mol. The highest BCUT2D eigenvalue weighted by Crippen LogP contribution is 1.98. The Morgan fingerprint density at radius 1 is 1.29 bits per heavy atom. The van der Waals surface area contributed by atoms with Gasteiger partial charge in [-0.2, -0.15) is 0 Å². The first-order valence-corrected chi connectivity index (χ1v) is 5.12. The summed E-state index contributed by atoms with van der Waals surface area (Å²) in [5.74, 6) is -1.86. The lowest BCUT2D eigenvalue weighted by Gasteiger charge is -2.15. The number of carboxylic acids is 1. The first kappa shape index (κ1) is 18.5. The SMILES string of the molecule is Cl.NCCCC[C@H](N)C(=O)N[C@@H](CO)C(=O)O. The summed E-state index contributed by atoms with van der Waals surface area (Å²) in [4.78, 5) is 21.9. The normalized spacial score (nSPS) is 13.4. The number of amides is 1. The van der Waals surface area contributed by atoms with Crippen molar-refractivity contribution in [3.63, 3.8) is 0 Å². The van der Waals surface area contributed by atoms with Crippen LogP contribution in [0, 0.1) is 0 Å². The molecule has 0 aromatic heterocycles. The van der Waals surface area contributed by atoms with Crippen LogP contribution < -0.4 is 16.8 Å². The average Bonchev–Trinajstić information content (AvgIpc) is 2.25. The van der Waals surface area contributed by atoms with Crippen molar-refractivity contribution >= 4 is 24.3 Å². The van der Waals surface area contributed by atoms with Crippen LogP contribution in [0.1, 0.15) is 19.3 Å². The molecule has 0 unspecified atom stereocenters. The van der Waals surface area contributed by atoms with Gasteiger partial charge in [0.25, 0.3) is 0 Å². The summed E-state index contributed by atoms with van der Waals surface area (Å²) < 4.78 is 0. The van der Waals surface area contributed by atoms with Gasteiger partial charge in [-0.05, 0) is 19.4 Å². The highest BCUT2D eigenvalue weighted by molar-refractivity contribution is 5.86. The maximum atomic E-state index is 11.4. The number of rotatable bonds is 8. The van der Waals surface area contributed by atoms with Gasteiger partial charge in [0.1, 0.15) is 6.04 Å². The van der Waals surface area contributed by atoms with E-state index in [4.69, 9.17) is 21.7 Å². The molecule has 0 aromatic carbocycles. The topological polar surface area (TPSA) is 139 Å². The van der Waals surface area contributed by atoms with E-state index in [9.17, 15) is 9.59 Å². The molecule has 0 radical (unpaired) electrons. The van der Waals surface area contributed by atoms with Crippen molar-refractivity contribution in [1.29, 1.82) is 0 Å². The molecule has 102 valence electrons. The summed E-state index contributed by atoms with van der Waals surface area (Å²) in [6, 6.07) is -2.06. The summed E-state index contributed by atoms with van der Waals surface area (Å²) in [6.07, 6.45) is 1.92. The minimum Gasteiger partial charge on any atom is -0.480 e. The van der Waals surface area contributed by atoms with Crippen molar-refractivity contribution in [3.8, 4) is 0 Å². The Kier molecular flexibility index (Phi) is 11.2. The van der Waals surface area contributed by atoms with E-state index in [-0.39, 0.29) is 12.4 Å². The third-order valence-corrected chi connectivity index (χ3v) is 2.10. The highest BCUT2D eigenvalue weighted by Gasteiger charge is 2.21. The molecule has 0 aromatic rings. The minimum atomic E-state index is -1.30. The van der Waals surface area contributed by atoms with Gasteiger partial charge in [0.15, 0.2) is 0 Å². The largest absolute Gasteiger partial charge is 0.480 e. The highest BCUT2D eigenvalue weighted by atomic mass is 35.5. The van der Waals surface area contributed by atoms with E-state index in [1.807, 2.05) is 0 Å². The van der Waals surface area contributed by atoms with Crippen LogP contribution in [0.3, 0.4) is 0 Å². The van der Waals surface area contributed by atoms with Gasteiger partial charge < -0.3 is 27.0 Å². The molecule has 0 bridgehead atoms. The second-order valence-electron chi connectivity index (χ2n) is 3.47. The van der Waals surface area contributed by atoms with E-state index in [0.717, 1.165) is 6.42 Å². The van der Waals surface area contributed by atoms with E-state index in [2.05, 4.69) is 5.32 Å². The number of hydrogen-bond acceptors (Lipinski definition) is 5. The molecular formula is C9H20ClN3O4. The predicted molar refractivity (Wildman–Crippen MR) is 64.8 cm³/mol. The van der Waals surface area contributed by atoms with Crippen LogP contribution in [0.25, 0.3) is 0 Å². The fourth-order valence-corrected chi connectivity index (χ4v) is 1.10. The standard InChI is InChI=1S/C9H19N3O4.ClH/c10-4-2-1-3-6(11)8(14)12-7(5-13)9(15)16;/h6-7,13H,1-5,10-11H2,(H,12,14)(H,15,16);1H/t6-,7-;/m0./s1. The molecule has 0 saturated carbocycles. The summed E-state index contributed by atoms with van der Waals surface area (Å²) in [5, 5.41) is 19.4. The predicted octanol–water partition coefficient (Wildman–Crippen LogP) is -1.57. The Bertz CT molecular complexity index is 240. The summed E-state index contributed by atoms with van der Waals surface area (Å²) >= 11 is 0. The number of carbonyl (C=O) groups is 2. The number of carboxylic acid groups (broad SMARTS) is 1. The molecule has 0 aliphatic heterocycles. The van der Waals surface area contributed by atoms with Crippen molar-refractivity contribution in [2.24, 2.45) is 11.5 Å². The Labute approximate surface area is 106 Å². The van der Waals surface area contributed by atoms with Crippen LogP contribution in [0.4, 0.5) is 0 Å². The van der Waals surface area contributed by atoms with Gasteiger partial charge in [-0.15, -0.1) is 12.4 Å². The molecule has 17 heavy (non-hydrogen) atoms. The van der Waals surface area contributed by atoms with Crippen molar-refractivity contribution in [2.45, 2.75) is 31.3 Å². The van der Waals surface area contributed by atoms with Gasteiger partial charge in [-0.3, -0.25) is 4.79 Å². The lowest BCUT2D eigenvalue weighted by atomic mass is 10.1. The molecule has 0 spiro atoms. The van der Waals surface area contributed by atoms with Crippen LogP contribution >= 0.6 is 12.4 Å². The molecule has 0 aliphatic carbocycles. The number of nitrogens with two attached hydrogens (primary N) is 2. The third kappa shape index (κ3) is 7.92. The van der Waals surface area contributed by atoms with Gasteiger partial charge in [0, 0.05) is 0 Å². The molecule has 7 N–H and O–H groups in total. The molecule has 7 nitrogen and oxygen atoms in total. The van der Waals surface area contributed by atoms with Crippen LogP contribution in [0.5, 0.6) is 0 Å². The Morgan fingerprint density at radius 3 is 2.29 bits per heavy atom. The molecular weight excluding hydrogens is 250 g/mol. The third-order valence-electron chi connectivity index (χ3n) is 2.10. The number of aliphatic carboxylic acids is 1. The van der Waals surface area contributed by atoms with E-state index < -0.39 is 30.6 Å². The fourth-order valence-electron chi connectivity index (χ4n) is 1.10. The maximum absolute atomic E-state index is 11.4. The molecule has 0 fully saturated rings. The number of aliphatic hydroxyl groups excluding tert-OH is 1. The quantitative estimate of drug-likeness (QED) is 0.337. The molecule has 8 heteroatoms. The first-order chi connectivity index (χ1) is 7.52. The molecule has 0 rings (SSSR count). The Balaban J connectivity index is 0. The zero-order chi connectivity index (χ0) is 12.6. The van der Waals surface area contributed by atoms with Gasteiger partial charge >= 0.3 is 5.97 Å².